The number of nitrogens with one attached hydrogen (secondary N) is 2. The molecule has 2 aromatic rings. The molecule has 0 aliphatic carbocycles. The maximum Gasteiger partial charge on any atom is 0.250 e. The lowest BCUT2D eigenvalue weighted by atomic mass is 10.0. The van der Waals surface area contributed by atoms with E-state index < -0.39 is 0 Å². The smallest absolute Gasteiger partial charge is 0.250 e. The monoisotopic (exact) mass is 423 g/mol. The molecule has 1 aromatic heterocycles. The number of aromatic nitrogens is 1. The van der Waals surface area contributed by atoms with E-state index in [4.69, 9.17) is 4.99 Å². The molecule has 3 rings (SSSR count). The number of likely N-dealkylation sites (tertiary alicyclic amines) is 1. The molecule has 1 atom stereocenters. The minimum absolute atomic E-state index is 0.0206. The van der Waals surface area contributed by atoms with Crippen molar-refractivity contribution in [1.82, 2.24) is 20.1 Å². The number of nitrogens with zero attached hydrogens (tertiary/aromatic N) is 3. The molecule has 6 nitrogen and oxygen atoms in total. The molecule has 1 aliphatic rings. The summed E-state index contributed by atoms with van der Waals surface area (Å²) < 4.78 is 1.71. The molecule has 31 heavy (non-hydrogen) atoms. The van der Waals surface area contributed by atoms with Crippen LogP contribution in [0.25, 0.3) is 0 Å². The van der Waals surface area contributed by atoms with Crippen LogP contribution in [0.4, 0.5) is 0 Å². The summed E-state index contributed by atoms with van der Waals surface area (Å²) in [5.41, 5.74) is 2.29. The lowest BCUT2D eigenvalue weighted by Crippen LogP contribution is -2.41. The summed E-state index contributed by atoms with van der Waals surface area (Å²) in [4.78, 5) is 19.2. The molecule has 1 unspecified atom stereocenters. The van der Waals surface area contributed by atoms with Gasteiger partial charge in [0.2, 0.25) is 0 Å². The first-order chi connectivity index (χ1) is 15.2. The number of piperidine rings is 1. The van der Waals surface area contributed by atoms with E-state index in [9.17, 15) is 4.79 Å². The van der Waals surface area contributed by atoms with Gasteiger partial charge in [0.1, 0.15) is 0 Å². The van der Waals surface area contributed by atoms with Gasteiger partial charge in [-0.3, -0.25) is 4.79 Å². The Hall–Kier alpha value is -2.60. The first-order valence-electron chi connectivity index (χ1n) is 11.6. The van der Waals surface area contributed by atoms with Crippen molar-refractivity contribution in [3.05, 3.63) is 70.1 Å². The topological polar surface area (TPSA) is 61.7 Å². The molecule has 1 saturated heterocycles. The predicted octanol–water partition coefficient (Wildman–Crippen LogP) is 3.22. The minimum atomic E-state index is 0.0206. The molecule has 0 bridgehead atoms. The summed E-state index contributed by atoms with van der Waals surface area (Å²) in [6.07, 6.45) is 6.99. The molecule has 2 heterocycles. The first-order valence-corrected chi connectivity index (χ1v) is 11.6. The Labute approximate surface area is 186 Å². The third kappa shape index (κ3) is 7.55. The third-order valence-electron chi connectivity index (χ3n) is 5.89. The van der Waals surface area contributed by atoms with Gasteiger partial charge in [0.05, 0.1) is 13.1 Å². The number of aliphatic imine (C=N–C) groups is 1. The van der Waals surface area contributed by atoms with Crippen molar-refractivity contribution in [2.24, 2.45) is 4.99 Å². The highest BCUT2D eigenvalue weighted by Gasteiger charge is 2.17. The number of hydrogen-bond acceptors (Lipinski definition) is 3. The molecule has 1 aromatic carbocycles. The quantitative estimate of drug-likeness (QED) is 0.369. The zero-order valence-corrected chi connectivity index (χ0v) is 19.0. The van der Waals surface area contributed by atoms with Gasteiger partial charge in [-0.25, -0.2) is 4.99 Å². The van der Waals surface area contributed by atoms with Gasteiger partial charge in [0, 0.05) is 37.9 Å². The van der Waals surface area contributed by atoms with Crippen molar-refractivity contribution >= 4 is 5.96 Å². The van der Waals surface area contributed by atoms with Crippen LogP contribution in [0.15, 0.2) is 58.4 Å². The standard InChI is InChI=1S/C25H37N5O/c1-3-26-25(27-15-8-18-29-16-6-4-9-21(29)2)28-19-22-11-13-23(14-12-22)20-30-17-7-5-10-24(30)31/h5,7,10-14,17,21H,3-4,6,8-9,15-16,18-20H2,1-2H3,(H2,26,27,28). The molecule has 1 fully saturated rings. The van der Waals surface area contributed by atoms with E-state index >= 15 is 0 Å². The molecule has 168 valence electrons. The maximum atomic E-state index is 11.9. The second kappa shape index (κ2) is 12.3. The molecule has 6 heteroatoms. The zero-order valence-electron chi connectivity index (χ0n) is 19.0. The van der Waals surface area contributed by atoms with Gasteiger partial charge in [0.25, 0.3) is 5.56 Å². The van der Waals surface area contributed by atoms with Crippen LogP contribution in [-0.2, 0) is 13.1 Å². The van der Waals surface area contributed by atoms with Crippen LogP contribution in [0.2, 0.25) is 0 Å². The van der Waals surface area contributed by atoms with Gasteiger partial charge in [-0.15, -0.1) is 0 Å². The lowest BCUT2D eigenvalue weighted by molar-refractivity contribution is 0.159. The zero-order chi connectivity index (χ0) is 21.9. The van der Waals surface area contributed by atoms with E-state index in [1.54, 1.807) is 16.7 Å². The highest BCUT2D eigenvalue weighted by atomic mass is 16.1. The van der Waals surface area contributed by atoms with Gasteiger partial charge in [0.15, 0.2) is 5.96 Å². The van der Waals surface area contributed by atoms with E-state index in [1.165, 1.54) is 25.8 Å². The fourth-order valence-electron chi connectivity index (χ4n) is 4.03. The van der Waals surface area contributed by atoms with Gasteiger partial charge in [-0.05, 0) is 56.8 Å². The van der Waals surface area contributed by atoms with Crippen molar-refractivity contribution in [2.75, 3.05) is 26.2 Å². The van der Waals surface area contributed by atoms with Crippen molar-refractivity contribution in [2.45, 2.75) is 58.7 Å². The van der Waals surface area contributed by atoms with Crippen molar-refractivity contribution in [3.63, 3.8) is 0 Å². The Kier molecular flexibility index (Phi) is 9.16. The average molecular weight is 424 g/mol. The third-order valence-corrected chi connectivity index (χ3v) is 5.89. The largest absolute Gasteiger partial charge is 0.357 e. The predicted molar refractivity (Wildman–Crippen MR) is 129 cm³/mol. The first kappa shape index (κ1) is 23.1. The van der Waals surface area contributed by atoms with Crippen LogP contribution in [0, 0.1) is 0 Å². The fraction of sp³-hybridized carbons (Fsp3) is 0.520. The summed E-state index contributed by atoms with van der Waals surface area (Å²) in [5.74, 6) is 0.870. The van der Waals surface area contributed by atoms with E-state index in [0.717, 1.165) is 49.2 Å². The van der Waals surface area contributed by atoms with Crippen molar-refractivity contribution in [3.8, 4) is 0 Å². The van der Waals surface area contributed by atoms with Crippen LogP contribution in [0.1, 0.15) is 50.7 Å². The van der Waals surface area contributed by atoms with Crippen molar-refractivity contribution in [1.29, 1.82) is 0 Å². The molecule has 0 radical (unpaired) electrons. The van der Waals surface area contributed by atoms with E-state index in [-0.39, 0.29) is 5.56 Å². The fourth-order valence-corrected chi connectivity index (χ4v) is 4.03. The Morgan fingerprint density at radius 1 is 1.10 bits per heavy atom. The highest BCUT2D eigenvalue weighted by Crippen LogP contribution is 2.16. The molecule has 0 saturated carbocycles. The van der Waals surface area contributed by atoms with E-state index in [1.807, 2.05) is 12.3 Å². The molecule has 0 amide bonds. The number of benzene rings is 1. The lowest BCUT2D eigenvalue weighted by Gasteiger charge is -2.33. The normalized spacial score (nSPS) is 17.5. The second-order valence-corrected chi connectivity index (χ2v) is 8.34. The van der Waals surface area contributed by atoms with Crippen LogP contribution >= 0.6 is 0 Å². The SMILES string of the molecule is CCNC(=NCc1ccc(Cn2ccccc2=O)cc1)NCCCN1CCCCC1C. The van der Waals surface area contributed by atoms with Crippen LogP contribution in [0.5, 0.6) is 0 Å². The number of pyridine rings is 1. The maximum absolute atomic E-state index is 11.9. The van der Waals surface area contributed by atoms with Gasteiger partial charge < -0.3 is 20.1 Å². The highest BCUT2D eigenvalue weighted by molar-refractivity contribution is 5.79. The average Bonchev–Trinajstić information content (AvgIpc) is 2.78. The van der Waals surface area contributed by atoms with Crippen molar-refractivity contribution < 1.29 is 0 Å². The number of hydrogen-bond donors (Lipinski definition) is 2. The Bertz CT molecular complexity index is 874. The number of guanidine groups is 1. The van der Waals surface area contributed by atoms with Crippen LogP contribution in [-0.4, -0.2) is 47.6 Å². The molecule has 2 N–H and O–H groups in total. The van der Waals surface area contributed by atoms with Gasteiger partial charge >= 0.3 is 0 Å². The number of rotatable bonds is 9. The Morgan fingerprint density at radius 2 is 1.90 bits per heavy atom. The summed E-state index contributed by atoms with van der Waals surface area (Å²) >= 11 is 0. The van der Waals surface area contributed by atoms with Crippen LogP contribution < -0.4 is 16.2 Å². The Morgan fingerprint density at radius 3 is 2.65 bits per heavy atom. The van der Waals surface area contributed by atoms with E-state index in [2.05, 4.69) is 53.6 Å². The summed E-state index contributed by atoms with van der Waals surface area (Å²) in [7, 11) is 0. The minimum Gasteiger partial charge on any atom is -0.357 e. The van der Waals surface area contributed by atoms with E-state index in [0.29, 0.717) is 13.1 Å². The Balaban J connectivity index is 1.46. The van der Waals surface area contributed by atoms with Crippen LogP contribution in [0.3, 0.4) is 0 Å². The molecular formula is C25H37N5O. The molecule has 1 aliphatic heterocycles. The molecule has 0 spiro atoms. The van der Waals surface area contributed by atoms with Gasteiger partial charge in [-0.2, -0.15) is 0 Å². The summed E-state index contributed by atoms with van der Waals surface area (Å²) in [5, 5.41) is 6.81. The molecular weight excluding hydrogens is 386 g/mol. The van der Waals surface area contributed by atoms with Gasteiger partial charge in [-0.1, -0.05) is 36.8 Å². The summed E-state index contributed by atoms with van der Waals surface area (Å²) in [6.45, 7) is 9.82. The second-order valence-electron chi connectivity index (χ2n) is 8.34. The summed E-state index contributed by atoms with van der Waals surface area (Å²) in [6, 6.07) is 14.3.